The molecule has 2 fully saturated rings. The summed E-state index contributed by atoms with van der Waals surface area (Å²) >= 11 is 0. The Hall–Kier alpha value is -1.15. The first-order valence-electron chi connectivity index (χ1n) is 5.04. The summed E-state index contributed by atoms with van der Waals surface area (Å²) in [6.45, 7) is -0.260. The summed E-state index contributed by atoms with van der Waals surface area (Å²) in [6, 6.07) is 0.237. The number of hydrogen-bond acceptors (Lipinski definition) is 7. The Kier molecular flexibility index (Phi) is 2.15. The number of amidine groups is 1. The van der Waals surface area contributed by atoms with Gasteiger partial charge in [0.05, 0.1) is 6.61 Å². The molecule has 1 unspecified atom stereocenters. The molecule has 3 heterocycles. The number of aliphatic hydroxyl groups is 3. The Labute approximate surface area is 91.2 Å². The lowest BCUT2D eigenvalue weighted by atomic mass is 10.1. The number of fused-ring (bicyclic) bond motifs is 3. The number of hydrogen-bond donors (Lipinski definition) is 3. The van der Waals surface area contributed by atoms with Crippen molar-refractivity contribution in [2.75, 3.05) is 6.61 Å². The normalized spacial score (nSPS) is 45.1. The Morgan fingerprint density at radius 2 is 2.25 bits per heavy atom. The van der Waals surface area contributed by atoms with Gasteiger partial charge in [-0.15, -0.1) is 0 Å². The molecule has 0 aromatic rings. The minimum atomic E-state index is -0.921. The molecule has 16 heavy (non-hydrogen) atoms. The molecule has 0 aromatic heterocycles. The summed E-state index contributed by atoms with van der Waals surface area (Å²) in [5, 5.41) is 28.0. The van der Waals surface area contributed by atoms with E-state index in [0.717, 1.165) is 0 Å². The fourth-order valence-electron chi connectivity index (χ4n) is 2.08. The maximum Gasteiger partial charge on any atom is 0.297 e. The van der Waals surface area contributed by atoms with E-state index in [0.29, 0.717) is 0 Å². The highest BCUT2D eigenvalue weighted by molar-refractivity contribution is 5.78. The largest absolute Gasteiger partial charge is 0.454 e. The molecule has 0 radical (unpaired) electrons. The lowest BCUT2D eigenvalue weighted by Gasteiger charge is -2.22. The molecule has 88 valence electrons. The molecule has 0 amide bonds. The fourth-order valence-corrected chi connectivity index (χ4v) is 2.08. The molecule has 0 aliphatic carbocycles. The zero-order valence-electron chi connectivity index (χ0n) is 8.30. The predicted octanol–water partition coefficient (Wildman–Crippen LogP) is -2.03. The summed E-state index contributed by atoms with van der Waals surface area (Å²) in [6.07, 6.45) is -0.441. The van der Waals surface area contributed by atoms with Gasteiger partial charge in [0.15, 0.2) is 18.6 Å². The van der Waals surface area contributed by atoms with E-state index in [1.807, 2.05) is 0 Å². The summed E-state index contributed by atoms with van der Waals surface area (Å²) in [5.41, 5.74) is 0. The molecule has 0 spiro atoms. The van der Waals surface area contributed by atoms with Gasteiger partial charge in [0.1, 0.15) is 12.2 Å². The van der Waals surface area contributed by atoms with Crippen molar-refractivity contribution in [3.63, 3.8) is 0 Å². The molecule has 3 N–H and O–H groups in total. The zero-order valence-corrected chi connectivity index (χ0v) is 8.30. The zero-order chi connectivity index (χ0) is 11.3. The van der Waals surface area contributed by atoms with Gasteiger partial charge in [0.25, 0.3) is 6.02 Å². The number of rotatable bonds is 1. The van der Waals surface area contributed by atoms with Crippen LogP contribution >= 0.6 is 0 Å². The second-order valence-corrected chi connectivity index (χ2v) is 3.89. The minimum absolute atomic E-state index is 0.237. The molecule has 5 atom stereocenters. The van der Waals surface area contributed by atoms with Crippen LogP contribution in [-0.2, 0) is 9.47 Å². The van der Waals surface area contributed by atoms with Crippen LogP contribution in [0.2, 0.25) is 0 Å². The topological polar surface area (TPSA) is 94.8 Å². The summed E-state index contributed by atoms with van der Waals surface area (Å²) in [7, 11) is 0. The Bertz CT molecular complexity index is 358. The van der Waals surface area contributed by atoms with Crippen molar-refractivity contribution < 1.29 is 24.8 Å². The van der Waals surface area contributed by atoms with Crippen molar-refractivity contribution in [3.05, 3.63) is 12.3 Å². The lowest BCUT2D eigenvalue weighted by Crippen LogP contribution is -2.35. The van der Waals surface area contributed by atoms with Gasteiger partial charge >= 0.3 is 0 Å². The Balaban J connectivity index is 1.85. The maximum absolute atomic E-state index is 9.79. The van der Waals surface area contributed by atoms with E-state index < -0.39 is 30.8 Å². The van der Waals surface area contributed by atoms with Crippen molar-refractivity contribution >= 4 is 6.02 Å². The number of ether oxygens (including phenoxy) is 2. The van der Waals surface area contributed by atoms with Crippen molar-refractivity contribution in [1.82, 2.24) is 4.90 Å². The molecule has 0 saturated carbocycles. The van der Waals surface area contributed by atoms with Crippen LogP contribution in [0.3, 0.4) is 0 Å². The molecule has 2 saturated heterocycles. The molecule has 3 aliphatic heterocycles. The first kappa shape index (κ1) is 10.0. The molecule has 3 rings (SSSR count). The molecular weight excluding hydrogens is 216 g/mol. The molecular formula is C9H12N2O5. The van der Waals surface area contributed by atoms with Gasteiger partial charge in [0, 0.05) is 6.20 Å². The minimum Gasteiger partial charge on any atom is -0.454 e. The standard InChI is InChI=1S/C9H12N2O5/c12-3-4-6(14)7-8(15-4)11-2-1-5(13)10-9(11)16-7/h1-2,4-8,12-14H,3H2/t4-,5?,6-,7+,8-/m1/s1. The maximum atomic E-state index is 9.79. The van der Waals surface area contributed by atoms with Crippen LogP contribution in [0, 0.1) is 0 Å². The monoisotopic (exact) mass is 228 g/mol. The van der Waals surface area contributed by atoms with E-state index in [-0.39, 0.29) is 12.6 Å². The van der Waals surface area contributed by atoms with Gasteiger partial charge in [0.2, 0.25) is 0 Å². The highest BCUT2D eigenvalue weighted by Crippen LogP contribution is 2.34. The predicted molar refractivity (Wildman–Crippen MR) is 51.0 cm³/mol. The van der Waals surface area contributed by atoms with Crippen LogP contribution in [0.1, 0.15) is 0 Å². The van der Waals surface area contributed by atoms with Crippen LogP contribution in [-0.4, -0.2) is 63.6 Å². The van der Waals surface area contributed by atoms with E-state index in [1.165, 1.54) is 6.08 Å². The van der Waals surface area contributed by atoms with Crippen molar-refractivity contribution in [1.29, 1.82) is 0 Å². The smallest absolute Gasteiger partial charge is 0.297 e. The average Bonchev–Trinajstić information content (AvgIpc) is 2.75. The number of aliphatic hydroxyl groups excluding tert-OH is 3. The van der Waals surface area contributed by atoms with Gasteiger partial charge in [-0.05, 0) is 6.08 Å². The van der Waals surface area contributed by atoms with Crippen LogP contribution in [0.5, 0.6) is 0 Å². The second-order valence-electron chi connectivity index (χ2n) is 3.89. The molecule has 7 heteroatoms. The number of nitrogens with zero attached hydrogens (tertiary/aromatic N) is 2. The van der Waals surface area contributed by atoms with E-state index in [2.05, 4.69) is 4.99 Å². The van der Waals surface area contributed by atoms with Gasteiger partial charge in [-0.3, -0.25) is 4.90 Å². The number of aliphatic imine (C=N–C) groups is 1. The van der Waals surface area contributed by atoms with E-state index in [9.17, 15) is 10.2 Å². The van der Waals surface area contributed by atoms with Crippen LogP contribution < -0.4 is 0 Å². The first-order valence-corrected chi connectivity index (χ1v) is 5.04. The van der Waals surface area contributed by atoms with E-state index in [1.54, 1.807) is 11.1 Å². The fraction of sp³-hybridized carbons (Fsp3) is 0.667. The van der Waals surface area contributed by atoms with Crippen molar-refractivity contribution in [2.45, 2.75) is 30.8 Å². The van der Waals surface area contributed by atoms with Crippen molar-refractivity contribution in [3.8, 4) is 0 Å². The van der Waals surface area contributed by atoms with Gasteiger partial charge in [-0.25, -0.2) is 0 Å². The molecule has 7 nitrogen and oxygen atoms in total. The SMILES string of the molecule is OC[C@H]1O[C@@H]2[C@@H](OC3=NC(O)C=CN32)[C@@H]1O. The second kappa shape index (κ2) is 3.42. The molecule has 0 bridgehead atoms. The van der Waals surface area contributed by atoms with E-state index >= 15 is 0 Å². The molecule has 0 aromatic carbocycles. The lowest BCUT2D eigenvalue weighted by molar-refractivity contribution is -0.0480. The van der Waals surface area contributed by atoms with Crippen LogP contribution in [0.15, 0.2) is 17.3 Å². The average molecular weight is 228 g/mol. The summed E-state index contributed by atoms with van der Waals surface area (Å²) in [5.74, 6) is 0. The van der Waals surface area contributed by atoms with Crippen molar-refractivity contribution in [2.24, 2.45) is 4.99 Å². The molecule has 3 aliphatic rings. The summed E-state index contributed by atoms with van der Waals surface area (Å²) in [4.78, 5) is 5.44. The quantitative estimate of drug-likeness (QED) is 0.479. The highest BCUT2D eigenvalue weighted by atomic mass is 16.6. The van der Waals surface area contributed by atoms with Gasteiger partial charge in [-0.1, -0.05) is 0 Å². The third kappa shape index (κ3) is 1.26. The van der Waals surface area contributed by atoms with E-state index in [4.69, 9.17) is 14.6 Å². The van der Waals surface area contributed by atoms with Crippen LogP contribution in [0.25, 0.3) is 0 Å². The summed E-state index contributed by atoms with van der Waals surface area (Å²) < 4.78 is 10.8. The Morgan fingerprint density at radius 1 is 1.44 bits per heavy atom. The highest BCUT2D eigenvalue weighted by Gasteiger charge is 2.54. The van der Waals surface area contributed by atoms with Crippen LogP contribution in [0.4, 0.5) is 0 Å². The van der Waals surface area contributed by atoms with Gasteiger partial charge < -0.3 is 24.8 Å². The third-order valence-corrected chi connectivity index (χ3v) is 2.89. The van der Waals surface area contributed by atoms with Gasteiger partial charge in [-0.2, -0.15) is 4.99 Å². The first-order chi connectivity index (χ1) is 7.70. The Morgan fingerprint density at radius 3 is 3.00 bits per heavy atom. The third-order valence-electron chi connectivity index (χ3n) is 2.89.